The van der Waals surface area contributed by atoms with Crippen LogP contribution < -0.4 is 0 Å². The molecular formula is C21H18Cl2N2OS. The van der Waals surface area contributed by atoms with Crippen molar-refractivity contribution < 1.29 is 4.79 Å². The lowest BCUT2D eigenvalue weighted by Crippen LogP contribution is -2.50. The van der Waals surface area contributed by atoms with Crippen molar-refractivity contribution in [1.29, 1.82) is 0 Å². The zero-order valence-electron chi connectivity index (χ0n) is 14.6. The van der Waals surface area contributed by atoms with E-state index >= 15 is 0 Å². The fourth-order valence-electron chi connectivity index (χ4n) is 3.88. The van der Waals surface area contributed by atoms with Gasteiger partial charge in [0.2, 0.25) is 0 Å². The first-order valence-corrected chi connectivity index (χ1v) is 10.2. The van der Waals surface area contributed by atoms with Crippen LogP contribution in [0.3, 0.4) is 0 Å². The van der Waals surface area contributed by atoms with Gasteiger partial charge in [-0.2, -0.15) is 0 Å². The number of aliphatic imine (C=N–C) groups is 1. The summed E-state index contributed by atoms with van der Waals surface area (Å²) >= 11 is 17.9. The Balaban J connectivity index is 1.77. The molecule has 6 heteroatoms. The third kappa shape index (κ3) is 3.31. The van der Waals surface area contributed by atoms with Crippen LogP contribution in [0.25, 0.3) is 0 Å². The molecule has 2 aromatic carbocycles. The van der Waals surface area contributed by atoms with E-state index in [1.54, 1.807) is 23.1 Å². The molecule has 0 unspecified atom stereocenters. The monoisotopic (exact) mass is 416 g/mol. The molecule has 0 bridgehead atoms. The topological polar surface area (TPSA) is 32.7 Å². The molecule has 1 amide bonds. The average Bonchev–Trinajstić information content (AvgIpc) is 2.96. The fourth-order valence-corrected chi connectivity index (χ4v) is 4.59. The van der Waals surface area contributed by atoms with Gasteiger partial charge in [-0.05, 0) is 43.9 Å². The smallest absolute Gasteiger partial charge is 0.261 e. The zero-order chi connectivity index (χ0) is 19.0. The van der Waals surface area contributed by atoms with Crippen molar-refractivity contribution in [3.8, 4) is 0 Å². The Bertz CT molecular complexity index is 936. The summed E-state index contributed by atoms with van der Waals surface area (Å²) < 4.78 is 0. The van der Waals surface area contributed by atoms with Crippen molar-refractivity contribution in [2.45, 2.75) is 37.8 Å². The van der Waals surface area contributed by atoms with Gasteiger partial charge in [-0.25, -0.2) is 0 Å². The van der Waals surface area contributed by atoms with E-state index in [4.69, 9.17) is 40.4 Å². The van der Waals surface area contributed by atoms with E-state index in [0.717, 1.165) is 43.4 Å². The first-order chi connectivity index (χ1) is 13.0. The Morgan fingerprint density at radius 1 is 1.00 bits per heavy atom. The fraction of sp³-hybridized carbons (Fsp3) is 0.286. The summed E-state index contributed by atoms with van der Waals surface area (Å²) in [5, 5.41) is 0.778. The Morgan fingerprint density at radius 2 is 1.70 bits per heavy atom. The van der Waals surface area contributed by atoms with Gasteiger partial charge in [0.1, 0.15) is 16.4 Å². The van der Waals surface area contributed by atoms with Gasteiger partial charge < -0.3 is 0 Å². The molecule has 2 aliphatic rings. The Hall–Kier alpha value is -1.75. The molecule has 0 N–H and O–H groups in total. The lowest BCUT2D eigenvalue weighted by atomic mass is 9.88. The second-order valence-corrected chi connectivity index (χ2v) is 8.15. The molecular weight excluding hydrogens is 399 g/mol. The van der Waals surface area contributed by atoms with Gasteiger partial charge in [-0.3, -0.25) is 14.7 Å². The summed E-state index contributed by atoms with van der Waals surface area (Å²) in [5.74, 6) is -0.171. The number of benzene rings is 2. The van der Waals surface area contributed by atoms with Gasteiger partial charge in [-0.15, -0.1) is 0 Å². The van der Waals surface area contributed by atoms with Crippen LogP contribution in [-0.4, -0.2) is 27.2 Å². The van der Waals surface area contributed by atoms with Gasteiger partial charge in [0.05, 0.1) is 10.0 Å². The molecule has 0 radical (unpaired) electrons. The average molecular weight is 417 g/mol. The van der Waals surface area contributed by atoms with Crippen LogP contribution >= 0.6 is 35.4 Å². The second kappa shape index (κ2) is 7.34. The number of carbonyl (C=O) groups is 1. The number of thiocarbonyl (C=S) groups is 1. The van der Waals surface area contributed by atoms with E-state index in [1.807, 2.05) is 30.3 Å². The lowest BCUT2D eigenvalue weighted by molar-refractivity contribution is 0.0648. The normalized spacial score (nSPS) is 18.7. The first-order valence-electron chi connectivity index (χ1n) is 9.01. The number of halogens is 2. The molecule has 1 heterocycles. The zero-order valence-corrected chi connectivity index (χ0v) is 16.9. The van der Waals surface area contributed by atoms with Gasteiger partial charge in [-0.1, -0.05) is 72.2 Å². The molecule has 0 saturated heterocycles. The minimum Gasteiger partial charge on any atom is -0.271 e. The van der Waals surface area contributed by atoms with Gasteiger partial charge in [0, 0.05) is 11.1 Å². The van der Waals surface area contributed by atoms with E-state index in [0.29, 0.717) is 20.6 Å². The molecule has 3 nitrogen and oxygen atoms in total. The van der Waals surface area contributed by atoms with Crippen molar-refractivity contribution in [3.63, 3.8) is 0 Å². The highest BCUT2D eigenvalue weighted by molar-refractivity contribution is 7.82. The van der Waals surface area contributed by atoms with Crippen molar-refractivity contribution >= 4 is 52.0 Å². The maximum absolute atomic E-state index is 13.4. The lowest BCUT2D eigenvalue weighted by Gasteiger charge is -2.38. The molecule has 27 heavy (non-hydrogen) atoms. The van der Waals surface area contributed by atoms with E-state index < -0.39 is 5.66 Å². The van der Waals surface area contributed by atoms with Gasteiger partial charge in [0.15, 0.2) is 0 Å². The van der Waals surface area contributed by atoms with Crippen LogP contribution in [0.4, 0.5) is 0 Å². The summed E-state index contributed by atoms with van der Waals surface area (Å²) in [6.07, 6.45) is 4.84. The number of nitrogens with zero attached hydrogens (tertiary/aromatic N) is 2. The van der Waals surface area contributed by atoms with E-state index in [-0.39, 0.29) is 5.91 Å². The summed E-state index contributed by atoms with van der Waals surface area (Å²) in [6, 6.07) is 14.8. The van der Waals surface area contributed by atoms with Crippen molar-refractivity contribution in [1.82, 2.24) is 4.90 Å². The standard InChI is InChI=1S/C21H18Cl2N2OS/c22-16-10-9-15(13-17(16)23)19(26)25-20(27)18(14-7-3-1-4-8-14)24-21(25)11-5-2-6-12-21/h1,3-4,7-10,13H,2,5-6,11-12H2. The molecule has 1 saturated carbocycles. The van der Waals surface area contributed by atoms with E-state index in [9.17, 15) is 4.79 Å². The minimum atomic E-state index is -0.594. The molecule has 1 aliphatic heterocycles. The minimum absolute atomic E-state index is 0.171. The summed E-state index contributed by atoms with van der Waals surface area (Å²) in [4.78, 5) is 20.7. The quantitative estimate of drug-likeness (QED) is 0.568. The predicted molar refractivity (Wildman–Crippen MR) is 114 cm³/mol. The summed E-state index contributed by atoms with van der Waals surface area (Å²) in [6.45, 7) is 0. The molecule has 4 rings (SSSR count). The van der Waals surface area contributed by atoms with Crippen molar-refractivity contribution in [3.05, 3.63) is 69.7 Å². The number of hydrogen-bond acceptors (Lipinski definition) is 3. The third-order valence-corrected chi connectivity index (χ3v) is 6.33. The van der Waals surface area contributed by atoms with Crippen LogP contribution in [0, 0.1) is 0 Å². The summed E-state index contributed by atoms with van der Waals surface area (Å²) in [5.41, 5.74) is 1.54. The predicted octanol–water partition coefficient (Wildman–Crippen LogP) is 5.93. The van der Waals surface area contributed by atoms with Crippen LogP contribution in [-0.2, 0) is 0 Å². The van der Waals surface area contributed by atoms with Gasteiger partial charge >= 0.3 is 0 Å². The van der Waals surface area contributed by atoms with Crippen LogP contribution in [0.5, 0.6) is 0 Å². The van der Waals surface area contributed by atoms with E-state index in [2.05, 4.69) is 0 Å². The molecule has 1 fully saturated rings. The van der Waals surface area contributed by atoms with Crippen molar-refractivity contribution in [2.75, 3.05) is 0 Å². The SMILES string of the molecule is O=C(c1ccc(Cl)c(Cl)c1)N1C(=S)C(c2ccccc2)=NC12CCCCC2. The Morgan fingerprint density at radius 3 is 2.37 bits per heavy atom. The number of hydrogen-bond donors (Lipinski definition) is 0. The molecule has 1 spiro atoms. The Labute approximate surface area is 174 Å². The third-order valence-electron chi connectivity index (χ3n) is 5.21. The maximum Gasteiger partial charge on any atom is 0.261 e. The highest BCUT2D eigenvalue weighted by Gasteiger charge is 2.48. The van der Waals surface area contributed by atoms with Crippen LogP contribution in [0.15, 0.2) is 53.5 Å². The highest BCUT2D eigenvalue weighted by Crippen LogP contribution is 2.41. The van der Waals surface area contributed by atoms with Crippen LogP contribution in [0.2, 0.25) is 10.0 Å². The molecule has 1 aliphatic carbocycles. The molecule has 0 atom stereocenters. The molecule has 138 valence electrons. The Kier molecular flexibility index (Phi) is 5.06. The number of rotatable bonds is 2. The van der Waals surface area contributed by atoms with Gasteiger partial charge in [0.25, 0.3) is 5.91 Å². The summed E-state index contributed by atoms with van der Waals surface area (Å²) in [7, 11) is 0. The number of carbonyl (C=O) groups excluding carboxylic acids is 1. The van der Waals surface area contributed by atoms with E-state index in [1.165, 1.54) is 0 Å². The van der Waals surface area contributed by atoms with Crippen molar-refractivity contribution in [2.24, 2.45) is 4.99 Å². The molecule has 0 aromatic heterocycles. The highest BCUT2D eigenvalue weighted by atomic mass is 35.5. The van der Waals surface area contributed by atoms with Crippen LogP contribution in [0.1, 0.15) is 48.0 Å². The first kappa shape index (κ1) is 18.6. The number of amides is 1. The second-order valence-electron chi connectivity index (χ2n) is 6.94. The maximum atomic E-state index is 13.4. The molecule has 2 aromatic rings. The largest absolute Gasteiger partial charge is 0.271 e.